The van der Waals surface area contributed by atoms with Crippen LogP contribution in [0.3, 0.4) is 0 Å². The van der Waals surface area contributed by atoms with Crippen molar-refractivity contribution in [2.45, 2.75) is 18.9 Å². The zero-order valence-electron chi connectivity index (χ0n) is 13.7. The molecule has 3 rings (SSSR count). The van der Waals surface area contributed by atoms with E-state index in [4.69, 9.17) is 4.74 Å². The van der Waals surface area contributed by atoms with Crippen LogP contribution in [0.5, 0.6) is 11.8 Å². The zero-order valence-corrected chi connectivity index (χ0v) is 13.7. The molecule has 0 amide bonds. The lowest BCUT2D eigenvalue weighted by atomic mass is 10.1. The number of halogens is 5. The maximum Gasteiger partial charge on any atom is 0.429 e. The highest BCUT2D eigenvalue weighted by molar-refractivity contribution is 5.52. The Morgan fingerprint density at radius 3 is 2.54 bits per heavy atom. The second kappa shape index (κ2) is 8.02. The van der Waals surface area contributed by atoms with Gasteiger partial charge in [0.25, 0.3) is 0 Å². The molecule has 0 saturated heterocycles. The molecule has 3 aromatic rings. The molecule has 8 nitrogen and oxygen atoms in total. The molecule has 0 unspecified atom stereocenters. The van der Waals surface area contributed by atoms with Gasteiger partial charge >= 0.3 is 12.8 Å². The Kier molecular flexibility index (Phi) is 5.52. The van der Waals surface area contributed by atoms with Gasteiger partial charge in [-0.15, -0.1) is 5.10 Å². The number of nitrogens with zero attached hydrogens (tertiary/aromatic N) is 4. The number of anilines is 2. The average molecular weight is 402 g/mol. The third-order valence-corrected chi connectivity index (χ3v) is 3.16. The lowest BCUT2D eigenvalue weighted by Gasteiger charge is -2.21. The highest BCUT2D eigenvalue weighted by atomic mass is 19.4. The van der Waals surface area contributed by atoms with Gasteiger partial charge in [-0.3, -0.25) is 15.1 Å². The highest BCUT2D eigenvalue weighted by Gasteiger charge is 2.43. The van der Waals surface area contributed by atoms with Crippen LogP contribution < -0.4 is 14.8 Å². The number of H-pyrrole nitrogens is 1. The molecule has 1 atom stereocenters. The molecule has 2 N–H and O–H groups in total. The predicted molar refractivity (Wildman–Crippen MR) is 84.2 cm³/mol. The summed E-state index contributed by atoms with van der Waals surface area (Å²) in [6.07, 6.45) is -2.48. The maximum atomic E-state index is 13.3. The van der Waals surface area contributed by atoms with Crippen LogP contribution >= 0.6 is 0 Å². The molecule has 0 bridgehead atoms. The van der Waals surface area contributed by atoms with Gasteiger partial charge < -0.3 is 14.8 Å². The van der Waals surface area contributed by atoms with Gasteiger partial charge in [0.2, 0.25) is 17.9 Å². The molecule has 0 fully saturated rings. The van der Waals surface area contributed by atoms with E-state index < -0.39 is 24.8 Å². The smallest absolute Gasteiger partial charge is 0.429 e. The fraction of sp³-hybridized carbons (Fsp3) is 0.200. The predicted octanol–water partition coefficient (Wildman–Crippen LogP) is 3.62. The van der Waals surface area contributed by atoms with Crippen molar-refractivity contribution in [1.82, 2.24) is 25.1 Å². The number of aromatic nitrogens is 5. The fourth-order valence-corrected chi connectivity index (χ4v) is 2.10. The van der Waals surface area contributed by atoms with Crippen molar-refractivity contribution in [2.75, 3.05) is 5.32 Å². The van der Waals surface area contributed by atoms with Crippen molar-refractivity contribution in [2.24, 2.45) is 0 Å². The molecule has 28 heavy (non-hydrogen) atoms. The number of rotatable bonds is 7. The minimum atomic E-state index is -4.72. The normalized spacial score (nSPS) is 12.6. The summed E-state index contributed by atoms with van der Waals surface area (Å²) in [4.78, 5) is 11.3. The van der Waals surface area contributed by atoms with Crippen molar-refractivity contribution < 1.29 is 31.4 Å². The summed E-state index contributed by atoms with van der Waals surface area (Å²) >= 11 is 0. The van der Waals surface area contributed by atoms with Crippen LogP contribution in [0.25, 0.3) is 0 Å². The van der Waals surface area contributed by atoms with Crippen molar-refractivity contribution in [3.05, 3.63) is 48.5 Å². The minimum absolute atomic E-state index is 0.0168. The molecule has 0 radical (unpaired) electrons. The van der Waals surface area contributed by atoms with Gasteiger partial charge in [-0.05, 0) is 6.07 Å². The lowest BCUT2D eigenvalue weighted by molar-refractivity contribution is -0.198. The molecule has 0 aliphatic carbocycles. The van der Waals surface area contributed by atoms with Crippen LogP contribution in [-0.2, 0) is 0 Å². The molecule has 0 aliphatic heterocycles. The summed E-state index contributed by atoms with van der Waals surface area (Å²) in [6.45, 7) is -3.06. The van der Waals surface area contributed by atoms with Crippen LogP contribution in [0, 0.1) is 0 Å². The summed E-state index contributed by atoms with van der Waals surface area (Å²) in [5.74, 6) is -0.718. The standard InChI is InChI=1S/C15H11F5N6O2/c16-14(17)28-11-4-9(25-26-11)23-10-6-22-7-12(24-10)27-13(15(18,19)20)8-2-1-3-21-5-8/h1-7,13-14H,(H2,23,24,25,26)/t13-/m1/s1. The van der Waals surface area contributed by atoms with Crippen molar-refractivity contribution in [3.63, 3.8) is 0 Å². The number of alkyl halides is 5. The summed E-state index contributed by atoms with van der Waals surface area (Å²) in [5, 5.41) is 8.42. The second-order valence-electron chi connectivity index (χ2n) is 5.19. The topological polar surface area (TPSA) is 97.8 Å². The molecular formula is C15H11F5N6O2. The van der Waals surface area contributed by atoms with E-state index in [1.165, 1.54) is 24.5 Å². The molecule has 0 saturated carbocycles. The molecule has 13 heteroatoms. The van der Waals surface area contributed by atoms with E-state index in [9.17, 15) is 22.0 Å². The maximum absolute atomic E-state index is 13.3. The van der Waals surface area contributed by atoms with E-state index in [0.717, 1.165) is 18.5 Å². The Balaban J connectivity index is 1.76. The minimum Gasteiger partial charge on any atom is -0.458 e. The van der Waals surface area contributed by atoms with E-state index in [1.54, 1.807) is 0 Å². The largest absolute Gasteiger partial charge is 0.458 e. The van der Waals surface area contributed by atoms with Crippen LogP contribution in [0.2, 0.25) is 0 Å². The molecule has 148 valence electrons. The van der Waals surface area contributed by atoms with E-state index >= 15 is 0 Å². The SMILES string of the molecule is FC(F)Oc1cc(Nc2cncc(O[C@H](c3cccnc3)C(F)(F)F)n2)[nH]n1. The Morgan fingerprint density at radius 1 is 1.04 bits per heavy atom. The van der Waals surface area contributed by atoms with E-state index in [0.29, 0.717) is 0 Å². The fourth-order valence-electron chi connectivity index (χ4n) is 2.10. The van der Waals surface area contributed by atoms with E-state index in [-0.39, 0.29) is 23.1 Å². The van der Waals surface area contributed by atoms with Gasteiger partial charge in [0.05, 0.1) is 12.4 Å². The third-order valence-electron chi connectivity index (χ3n) is 3.16. The summed E-state index contributed by atoms with van der Waals surface area (Å²) < 4.78 is 73.4. The van der Waals surface area contributed by atoms with Gasteiger partial charge in [-0.1, -0.05) is 6.07 Å². The van der Waals surface area contributed by atoms with Crippen LogP contribution in [0.15, 0.2) is 43.0 Å². The van der Waals surface area contributed by atoms with Gasteiger partial charge in [-0.25, -0.2) is 0 Å². The number of pyridine rings is 1. The van der Waals surface area contributed by atoms with Gasteiger partial charge in [0, 0.05) is 24.0 Å². The average Bonchev–Trinajstić information content (AvgIpc) is 3.06. The molecule has 3 aromatic heterocycles. The van der Waals surface area contributed by atoms with Crippen molar-refractivity contribution in [1.29, 1.82) is 0 Å². The quantitative estimate of drug-likeness (QED) is 0.583. The first kappa shape index (κ1) is 19.3. The molecule has 0 aromatic carbocycles. The first-order valence-corrected chi connectivity index (χ1v) is 7.54. The number of hydrogen-bond acceptors (Lipinski definition) is 7. The van der Waals surface area contributed by atoms with Crippen LogP contribution in [-0.4, -0.2) is 37.9 Å². The molecule has 3 heterocycles. The van der Waals surface area contributed by atoms with Crippen LogP contribution in [0.1, 0.15) is 11.7 Å². The molecule has 0 aliphatic rings. The first-order valence-electron chi connectivity index (χ1n) is 7.54. The number of aromatic amines is 1. The number of hydrogen-bond donors (Lipinski definition) is 2. The monoisotopic (exact) mass is 402 g/mol. The Morgan fingerprint density at radius 2 is 1.86 bits per heavy atom. The molecular weight excluding hydrogens is 391 g/mol. The van der Waals surface area contributed by atoms with E-state index in [2.05, 4.69) is 35.2 Å². The Labute approximate surface area is 153 Å². The summed E-state index contributed by atoms with van der Waals surface area (Å²) in [7, 11) is 0. The summed E-state index contributed by atoms with van der Waals surface area (Å²) in [5.41, 5.74) is -0.211. The van der Waals surface area contributed by atoms with Crippen molar-refractivity contribution >= 4 is 11.6 Å². The number of ether oxygens (including phenoxy) is 2. The Bertz CT molecular complexity index is 905. The zero-order chi connectivity index (χ0) is 20.1. The molecule has 0 spiro atoms. The van der Waals surface area contributed by atoms with Crippen LogP contribution in [0.4, 0.5) is 33.6 Å². The third kappa shape index (κ3) is 5.02. The van der Waals surface area contributed by atoms with Gasteiger partial charge in [-0.2, -0.15) is 26.9 Å². The second-order valence-corrected chi connectivity index (χ2v) is 5.19. The number of nitrogens with one attached hydrogen (secondary N) is 2. The first-order chi connectivity index (χ1) is 13.3. The lowest BCUT2D eigenvalue weighted by Crippen LogP contribution is -2.26. The van der Waals surface area contributed by atoms with E-state index in [1.807, 2.05) is 0 Å². The van der Waals surface area contributed by atoms with Gasteiger partial charge in [0.1, 0.15) is 5.82 Å². The summed E-state index contributed by atoms with van der Waals surface area (Å²) in [6, 6.07) is 3.67. The highest BCUT2D eigenvalue weighted by Crippen LogP contribution is 2.36. The van der Waals surface area contributed by atoms with Gasteiger partial charge in [0.15, 0.2) is 5.82 Å². The van der Waals surface area contributed by atoms with Crippen molar-refractivity contribution in [3.8, 4) is 11.8 Å². The Hall–Kier alpha value is -3.51.